The van der Waals surface area contributed by atoms with Crippen molar-refractivity contribution in [1.29, 1.82) is 0 Å². The van der Waals surface area contributed by atoms with Gasteiger partial charge >= 0.3 is 13.8 Å². The standard InChI is InChI=1S/C11H22NO7P/c1-6-10(14)19-20(16,17)18-9(7-12(3,4)5)11(15)8(2)13/h6,8-9,11,13,15H,1,7H2,2-5H3/p+1. The maximum absolute atomic E-state index is 11.6. The normalized spacial score (nSPS) is 19.6. The Bertz CT molecular complexity index is 391. The number of carbonyl (C=O) groups is 1. The molecule has 0 saturated heterocycles. The number of phosphoric acid groups is 1. The lowest BCUT2D eigenvalue weighted by Gasteiger charge is -2.32. The molecule has 3 N–H and O–H groups in total. The van der Waals surface area contributed by atoms with Gasteiger partial charge in [0, 0.05) is 6.08 Å². The molecular formula is C11H23NO7P+. The van der Waals surface area contributed by atoms with Gasteiger partial charge in [-0.05, 0) is 6.92 Å². The number of phosphoric ester groups is 1. The van der Waals surface area contributed by atoms with E-state index in [-0.39, 0.29) is 6.54 Å². The van der Waals surface area contributed by atoms with Gasteiger partial charge in [-0.3, -0.25) is 9.42 Å². The zero-order chi connectivity index (χ0) is 16.1. The zero-order valence-corrected chi connectivity index (χ0v) is 13.0. The van der Waals surface area contributed by atoms with E-state index >= 15 is 0 Å². The molecule has 0 spiro atoms. The third-order valence-corrected chi connectivity index (χ3v) is 3.19. The van der Waals surface area contributed by atoms with Gasteiger partial charge in [0.05, 0.1) is 27.2 Å². The average Bonchev–Trinajstić information content (AvgIpc) is 2.23. The van der Waals surface area contributed by atoms with Gasteiger partial charge in [0.15, 0.2) is 0 Å². The fourth-order valence-corrected chi connectivity index (χ4v) is 2.28. The van der Waals surface area contributed by atoms with E-state index in [9.17, 15) is 24.5 Å². The number of carbonyl (C=O) groups excluding carboxylic acids is 1. The van der Waals surface area contributed by atoms with Crippen LogP contribution in [-0.2, 0) is 18.4 Å². The number of aliphatic hydroxyl groups is 2. The molecule has 0 aliphatic heterocycles. The molecule has 0 saturated carbocycles. The molecule has 0 aromatic rings. The van der Waals surface area contributed by atoms with Gasteiger partial charge in [-0.1, -0.05) is 6.58 Å². The van der Waals surface area contributed by atoms with Crippen LogP contribution in [0.1, 0.15) is 6.92 Å². The Kier molecular flexibility index (Phi) is 7.03. The first-order chi connectivity index (χ1) is 8.88. The van der Waals surface area contributed by atoms with Crippen molar-refractivity contribution in [3.05, 3.63) is 12.7 Å². The minimum absolute atomic E-state index is 0.113. The van der Waals surface area contributed by atoms with Crippen LogP contribution < -0.4 is 0 Å². The third kappa shape index (κ3) is 7.74. The van der Waals surface area contributed by atoms with E-state index in [1.807, 2.05) is 0 Å². The Balaban J connectivity index is 5.01. The average molecular weight is 312 g/mol. The summed E-state index contributed by atoms with van der Waals surface area (Å²) >= 11 is 0. The first-order valence-electron chi connectivity index (χ1n) is 5.92. The highest BCUT2D eigenvalue weighted by molar-refractivity contribution is 7.48. The van der Waals surface area contributed by atoms with Crippen molar-refractivity contribution in [2.45, 2.75) is 25.2 Å². The molecule has 0 bridgehead atoms. The molecule has 20 heavy (non-hydrogen) atoms. The number of quaternary nitrogens is 1. The Morgan fingerprint density at radius 3 is 2.25 bits per heavy atom. The molecule has 0 heterocycles. The number of nitrogens with zero attached hydrogens (tertiary/aromatic N) is 1. The van der Waals surface area contributed by atoms with Crippen LogP contribution in [-0.4, -0.2) is 71.6 Å². The summed E-state index contributed by atoms with van der Waals surface area (Å²) in [6, 6.07) is 0. The summed E-state index contributed by atoms with van der Waals surface area (Å²) in [5, 5.41) is 19.2. The molecule has 0 aromatic carbocycles. The van der Waals surface area contributed by atoms with Crippen LogP contribution in [0.5, 0.6) is 0 Å². The Labute approximate surface area is 118 Å². The Morgan fingerprint density at radius 2 is 1.90 bits per heavy atom. The van der Waals surface area contributed by atoms with Gasteiger partial charge in [-0.2, -0.15) is 0 Å². The van der Waals surface area contributed by atoms with Crippen molar-refractivity contribution >= 4 is 13.8 Å². The number of likely N-dealkylation sites (N-methyl/N-ethyl adjacent to an activating group) is 1. The van der Waals surface area contributed by atoms with Gasteiger partial charge in [0.1, 0.15) is 18.8 Å². The largest absolute Gasteiger partial charge is 0.530 e. The maximum Gasteiger partial charge on any atom is 0.530 e. The minimum Gasteiger partial charge on any atom is -0.391 e. The molecule has 0 radical (unpaired) electrons. The van der Waals surface area contributed by atoms with Gasteiger partial charge in [0.2, 0.25) is 0 Å². The van der Waals surface area contributed by atoms with Crippen LogP contribution in [0.25, 0.3) is 0 Å². The summed E-state index contributed by atoms with van der Waals surface area (Å²) in [6.45, 7) is 4.52. The number of aliphatic hydroxyl groups excluding tert-OH is 2. The third-order valence-electron chi connectivity index (χ3n) is 2.24. The molecular weight excluding hydrogens is 289 g/mol. The van der Waals surface area contributed by atoms with E-state index in [2.05, 4.69) is 11.1 Å². The van der Waals surface area contributed by atoms with Crippen LogP contribution in [0.2, 0.25) is 0 Å². The second-order valence-corrected chi connectivity index (χ2v) is 6.76. The van der Waals surface area contributed by atoms with E-state index in [0.29, 0.717) is 10.6 Å². The monoisotopic (exact) mass is 312 g/mol. The molecule has 0 amide bonds. The van der Waals surface area contributed by atoms with Crippen LogP contribution in [0.3, 0.4) is 0 Å². The van der Waals surface area contributed by atoms with Crippen LogP contribution in [0.4, 0.5) is 0 Å². The highest BCUT2D eigenvalue weighted by Crippen LogP contribution is 2.45. The first kappa shape index (κ1) is 19.2. The molecule has 0 aromatic heterocycles. The number of hydrogen-bond acceptors (Lipinski definition) is 6. The molecule has 0 aliphatic carbocycles. The number of rotatable bonds is 8. The fourth-order valence-electron chi connectivity index (χ4n) is 1.40. The van der Waals surface area contributed by atoms with Crippen molar-refractivity contribution < 1.29 is 38.0 Å². The lowest BCUT2D eigenvalue weighted by molar-refractivity contribution is -0.873. The first-order valence-corrected chi connectivity index (χ1v) is 7.41. The topological polar surface area (TPSA) is 113 Å². The highest BCUT2D eigenvalue weighted by Gasteiger charge is 2.38. The summed E-state index contributed by atoms with van der Waals surface area (Å²) < 4.78 is 20.9. The quantitative estimate of drug-likeness (QED) is 0.319. The van der Waals surface area contributed by atoms with Crippen LogP contribution >= 0.6 is 7.82 Å². The van der Waals surface area contributed by atoms with E-state index in [4.69, 9.17) is 4.52 Å². The van der Waals surface area contributed by atoms with Gasteiger partial charge in [-0.25, -0.2) is 9.36 Å². The van der Waals surface area contributed by atoms with Gasteiger partial charge < -0.3 is 19.2 Å². The molecule has 8 nitrogen and oxygen atoms in total. The van der Waals surface area contributed by atoms with E-state index in [0.717, 1.165) is 0 Å². The second-order valence-electron chi connectivity index (χ2n) is 5.43. The summed E-state index contributed by atoms with van der Waals surface area (Å²) in [7, 11) is 0.598. The van der Waals surface area contributed by atoms with Gasteiger partial charge in [-0.15, -0.1) is 0 Å². The molecule has 0 rings (SSSR count). The smallest absolute Gasteiger partial charge is 0.391 e. The molecule has 118 valence electrons. The predicted molar refractivity (Wildman–Crippen MR) is 71.6 cm³/mol. The van der Waals surface area contributed by atoms with E-state index in [1.54, 1.807) is 21.1 Å². The zero-order valence-electron chi connectivity index (χ0n) is 12.1. The summed E-state index contributed by atoms with van der Waals surface area (Å²) in [5.74, 6) is -1.12. The summed E-state index contributed by atoms with van der Waals surface area (Å²) in [6.07, 6.45) is -3.06. The fraction of sp³-hybridized carbons (Fsp3) is 0.727. The van der Waals surface area contributed by atoms with Crippen LogP contribution in [0, 0.1) is 0 Å². The maximum atomic E-state index is 11.6. The number of hydrogen-bond donors (Lipinski definition) is 3. The highest BCUT2D eigenvalue weighted by atomic mass is 31.2. The molecule has 9 heteroatoms. The Hall–Kier alpha value is -0.760. The van der Waals surface area contributed by atoms with E-state index < -0.39 is 32.1 Å². The SMILES string of the molecule is C=CC(=O)OP(=O)(O)OC(C[N+](C)(C)C)C(O)C(C)O. The molecule has 0 fully saturated rings. The minimum atomic E-state index is -4.70. The van der Waals surface area contributed by atoms with Crippen molar-refractivity contribution in [1.82, 2.24) is 0 Å². The Morgan fingerprint density at radius 1 is 1.40 bits per heavy atom. The van der Waals surface area contributed by atoms with Crippen LogP contribution in [0.15, 0.2) is 12.7 Å². The molecule has 4 unspecified atom stereocenters. The van der Waals surface area contributed by atoms with E-state index in [1.165, 1.54) is 6.92 Å². The van der Waals surface area contributed by atoms with Crippen molar-refractivity contribution in [2.24, 2.45) is 0 Å². The summed E-state index contributed by atoms with van der Waals surface area (Å²) in [5.41, 5.74) is 0. The van der Waals surface area contributed by atoms with Gasteiger partial charge in [0.25, 0.3) is 0 Å². The van der Waals surface area contributed by atoms with Crippen molar-refractivity contribution in [2.75, 3.05) is 27.7 Å². The van der Waals surface area contributed by atoms with Crippen molar-refractivity contribution in [3.8, 4) is 0 Å². The lowest BCUT2D eigenvalue weighted by Crippen LogP contribution is -2.49. The molecule has 0 aliphatic rings. The van der Waals surface area contributed by atoms with Crippen molar-refractivity contribution in [3.63, 3.8) is 0 Å². The lowest BCUT2D eigenvalue weighted by atomic mass is 10.1. The predicted octanol–water partition coefficient (Wildman–Crippen LogP) is -0.351. The molecule has 4 atom stereocenters. The summed E-state index contributed by atoms with van der Waals surface area (Å²) in [4.78, 5) is 20.4. The second kappa shape index (κ2) is 7.31.